The van der Waals surface area contributed by atoms with Gasteiger partial charge in [0.15, 0.2) is 18.1 Å². The first-order chi connectivity index (χ1) is 12.3. The monoisotopic (exact) mass is 386 g/mol. The van der Waals surface area contributed by atoms with Crippen molar-refractivity contribution in [3.05, 3.63) is 22.7 Å². The summed E-state index contributed by atoms with van der Waals surface area (Å²) in [6, 6.07) is 2.80. The number of hydrogen-bond donors (Lipinski definition) is 2. The number of carbonyl (C=O) groups excluding carboxylic acids is 3. The smallest absolute Gasteiger partial charge is 0.338 e. The van der Waals surface area contributed by atoms with Crippen molar-refractivity contribution in [2.75, 3.05) is 33.9 Å². The molecular formula is C17H23ClN2O6. The average Bonchev–Trinajstić information content (AvgIpc) is 2.61. The van der Waals surface area contributed by atoms with Gasteiger partial charge in [-0.25, -0.2) is 4.79 Å². The van der Waals surface area contributed by atoms with E-state index in [2.05, 4.69) is 10.6 Å². The van der Waals surface area contributed by atoms with Crippen LogP contribution in [0.3, 0.4) is 0 Å². The third kappa shape index (κ3) is 6.79. The molecule has 0 aromatic heterocycles. The molecule has 0 spiro atoms. The highest BCUT2D eigenvalue weighted by atomic mass is 35.5. The maximum atomic E-state index is 12.1. The Bertz CT molecular complexity index is 663. The van der Waals surface area contributed by atoms with Gasteiger partial charge < -0.3 is 24.8 Å². The molecule has 0 aliphatic rings. The summed E-state index contributed by atoms with van der Waals surface area (Å²) in [5.74, 6) is -0.809. The van der Waals surface area contributed by atoms with Crippen LogP contribution in [-0.4, -0.2) is 51.7 Å². The number of rotatable bonds is 9. The summed E-state index contributed by atoms with van der Waals surface area (Å²) < 4.78 is 15.7. The molecule has 0 saturated heterocycles. The highest BCUT2D eigenvalue weighted by Gasteiger charge is 2.18. The zero-order chi connectivity index (χ0) is 19.7. The zero-order valence-electron chi connectivity index (χ0n) is 15.2. The second-order valence-corrected chi connectivity index (χ2v) is 6.13. The van der Waals surface area contributed by atoms with Crippen LogP contribution in [0.4, 0.5) is 0 Å². The van der Waals surface area contributed by atoms with Crippen LogP contribution < -0.4 is 20.1 Å². The van der Waals surface area contributed by atoms with Crippen LogP contribution in [0.25, 0.3) is 0 Å². The number of likely N-dealkylation sites (N-methyl/N-ethyl adjacent to an activating group) is 1. The first-order valence-corrected chi connectivity index (χ1v) is 8.31. The van der Waals surface area contributed by atoms with Crippen LogP contribution in [0.5, 0.6) is 11.5 Å². The van der Waals surface area contributed by atoms with E-state index in [0.29, 0.717) is 12.4 Å². The van der Waals surface area contributed by atoms with Crippen LogP contribution in [-0.2, 0) is 14.3 Å². The standard InChI is InChI=1S/C17H23ClN2O6/c1-10(2)8-25-16-12(18)5-11(6-13(16)24-4)17(23)26-9-15(22)20-7-14(21)19-3/h5-6,10H,7-9H2,1-4H3,(H,19,21)(H,20,22). The number of amides is 2. The van der Waals surface area contributed by atoms with Crippen molar-refractivity contribution in [1.82, 2.24) is 10.6 Å². The first kappa shape index (κ1) is 21.6. The lowest BCUT2D eigenvalue weighted by molar-refractivity contribution is -0.127. The Kier molecular flexibility index (Phi) is 8.71. The summed E-state index contributed by atoms with van der Waals surface area (Å²) in [7, 11) is 2.87. The molecule has 1 rings (SSSR count). The normalized spacial score (nSPS) is 10.2. The highest BCUT2D eigenvalue weighted by molar-refractivity contribution is 6.32. The van der Waals surface area contributed by atoms with Gasteiger partial charge >= 0.3 is 5.97 Å². The number of carbonyl (C=O) groups is 3. The van der Waals surface area contributed by atoms with E-state index in [-0.39, 0.29) is 34.7 Å². The largest absolute Gasteiger partial charge is 0.493 e. The lowest BCUT2D eigenvalue weighted by Crippen LogP contribution is -2.37. The van der Waals surface area contributed by atoms with Gasteiger partial charge in [0.25, 0.3) is 5.91 Å². The predicted molar refractivity (Wildman–Crippen MR) is 95.7 cm³/mol. The van der Waals surface area contributed by atoms with Crippen LogP contribution in [0.15, 0.2) is 12.1 Å². The molecule has 26 heavy (non-hydrogen) atoms. The molecule has 0 radical (unpaired) electrons. The molecule has 0 fully saturated rings. The second kappa shape index (κ2) is 10.5. The molecule has 0 unspecified atom stereocenters. The fraction of sp³-hybridized carbons (Fsp3) is 0.471. The molecular weight excluding hydrogens is 364 g/mol. The Morgan fingerprint density at radius 1 is 1.19 bits per heavy atom. The van der Waals surface area contributed by atoms with E-state index in [0.717, 1.165) is 0 Å². The minimum atomic E-state index is -0.754. The Morgan fingerprint density at radius 2 is 1.88 bits per heavy atom. The van der Waals surface area contributed by atoms with Gasteiger partial charge in [-0.3, -0.25) is 9.59 Å². The number of nitrogens with one attached hydrogen (secondary N) is 2. The van der Waals surface area contributed by atoms with E-state index in [1.54, 1.807) is 0 Å². The Morgan fingerprint density at radius 3 is 2.46 bits per heavy atom. The Balaban J connectivity index is 2.73. The number of esters is 1. The average molecular weight is 387 g/mol. The minimum Gasteiger partial charge on any atom is -0.493 e. The molecule has 0 heterocycles. The SMILES string of the molecule is CNC(=O)CNC(=O)COC(=O)c1cc(Cl)c(OCC(C)C)c(OC)c1. The Labute approximate surface area is 157 Å². The summed E-state index contributed by atoms with van der Waals surface area (Å²) in [5, 5.41) is 4.86. The van der Waals surface area contributed by atoms with Crippen molar-refractivity contribution >= 4 is 29.4 Å². The van der Waals surface area contributed by atoms with E-state index in [1.165, 1.54) is 26.3 Å². The summed E-state index contributed by atoms with van der Waals surface area (Å²) in [6.07, 6.45) is 0. The van der Waals surface area contributed by atoms with E-state index in [1.807, 2.05) is 13.8 Å². The molecule has 0 atom stereocenters. The number of hydrogen-bond acceptors (Lipinski definition) is 6. The van der Waals surface area contributed by atoms with Crippen molar-refractivity contribution in [3.8, 4) is 11.5 Å². The maximum absolute atomic E-state index is 12.1. The van der Waals surface area contributed by atoms with Crippen LogP contribution >= 0.6 is 11.6 Å². The molecule has 0 aliphatic carbocycles. The molecule has 8 nitrogen and oxygen atoms in total. The van der Waals surface area contributed by atoms with Gasteiger partial charge in [0.05, 0.1) is 30.8 Å². The van der Waals surface area contributed by atoms with Crippen molar-refractivity contribution in [3.63, 3.8) is 0 Å². The third-order valence-electron chi connectivity index (χ3n) is 3.09. The molecule has 2 N–H and O–H groups in total. The maximum Gasteiger partial charge on any atom is 0.338 e. The fourth-order valence-electron chi connectivity index (χ4n) is 1.76. The lowest BCUT2D eigenvalue weighted by atomic mass is 10.2. The van der Waals surface area contributed by atoms with Gasteiger partial charge in [0, 0.05) is 7.05 Å². The molecule has 0 saturated carbocycles. The minimum absolute atomic E-state index is 0.114. The van der Waals surface area contributed by atoms with Crippen LogP contribution in [0, 0.1) is 5.92 Å². The van der Waals surface area contributed by atoms with Gasteiger partial charge in [-0.15, -0.1) is 0 Å². The second-order valence-electron chi connectivity index (χ2n) is 5.72. The zero-order valence-corrected chi connectivity index (χ0v) is 15.9. The van der Waals surface area contributed by atoms with Crippen LogP contribution in [0.1, 0.15) is 24.2 Å². The summed E-state index contributed by atoms with van der Waals surface area (Å²) >= 11 is 6.17. The van der Waals surface area contributed by atoms with Gasteiger partial charge in [-0.2, -0.15) is 0 Å². The number of halogens is 1. The van der Waals surface area contributed by atoms with Crippen molar-refractivity contribution in [2.45, 2.75) is 13.8 Å². The summed E-state index contributed by atoms with van der Waals surface area (Å²) in [6.45, 7) is 3.68. The van der Waals surface area contributed by atoms with E-state index >= 15 is 0 Å². The predicted octanol–water partition coefficient (Wildman–Crippen LogP) is 1.40. The molecule has 0 aliphatic heterocycles. The van der Waals surface area contributed by atoms with Crippen molar-refractivity contribution in [2.24, 2.45) is 5.92 Å². The van der Waals surface area contributed by atoms with Crippen molar-refractivity contribution in [1.29, 1.82) is 0 Å². The van der Waals surface area contributed by atoms with Gasteiger partial charge in [0.2, 0.25) is 5.91 Å². The summed E-state index contributed by atoms with van der Waals surface area (Å²) in [4.78, 5) is 34.7. The van der Waals surface area contributed by atoms with Gasteiger partial charge in [0.1, 0.15) is 0 Å². The van der Waals surface area contributed by atoms with Crippen LogP contribution in [0.2, 0.25) is 5.02 Å². The molecule has 0 bridgehead atoms. The molecule has 144 valence electrons. The topological polar surface area (TPSA) is 103 Å². The molecule has 9 heteroatoms. The third-order valence-corrected chi connectivity index (χ3v) is 3.37. The van der Waals surface area contributed by atoms with Crippen molar-refractivity contribution < 1.29 is 28.6 Å². The summed E-state index contributed by atoms with van der Waals surface area (Å²) in [5.41, 5.74) is 0.114. The molecule has 1 aromatic rings. The molecule has 1 aromatic carbocycles. The van der Waals surface area contributed by atoms with E-state index in [4.69, 9.17) is 25.8 Å². The highest BCUT2D eigenvalue weighted by Crippen LogP contribution is 2.36. The number of methoxy groups -OCH3 is 1. The van der Waals surface area contributed by atoms with Gasteiger partial charge in [-0.1, -0.05) is 25.4 Å². The Hall–Kier alpha value is -2.48. The van der Waals surface area contributed by atoms with Gasteiger partial charge in [-0.05, 0) is 18.1 Å². The quantitative estimate of drug-likeness (QED) is 0.622. The lowest BCUT2D eigenvalue weighted by Gasteiger charge is -2.15. The fourth-order valence-corrected chi connectivity index (χ4v) is 2.03. The van der Waals surface area contributed by atoms with E-state index in [9.17, 15) is 14.4 Å². The molecule has 2 amide bonds. The number of benzene rings is 1. The van der Waals surface area contributed by atoms with E-state index < -0.39 is 18.5 Å². The number of ether oxygens (including phenoxy) is 3. The first-order valence-electron chi connectivity index (χ1n) is 7.93.